The van der Waals surface area contributed by atoms with E-state index in [2.05, 4.69) is 22.0 Å². The highest BCUT2D eigenvalue weighted by Gasteiger charge is 2.70. The number of nitrogens with one attached hydrogen (secondary N) is 3. The van der Waals surface area contributed by atoms with E-state index < -0.39 is 58.8 Å². The lowest BCUT2D eigenvalue weighted by molar-refractivity contribution is -0.144. The summed E-state index contributed by atoms with van der Waals surface area (Å²) in [5, 5.41) is 18.1. The van der Waals surface area contributed by atoms with E-state index in [9.17, 15) is 33.2 Å². The van der Waals surface area contributed by atoms with E-state index in [-0.39, 0.29) is 47.6 Å². The van der Waals surface area contributed by atoms with E-state index in [1.54, 1.807) is 20.8 Å². The van der Waals surface area contributed by atoms with Crippen LogP contribution in [0.5, 0.6) is 5.75 Å². The van der Waals surface area contributed by atoms with E-state index in [1.165, 1.54) is 4.90 Å². The van der Waals surface area contributed by atoms with Gasteiger partial charge in [0.05, 0.1) is 6.07 Å². The van der Waals surface area contributed by atoms with Crippen molar-refractivity contribution < 1.29 is 32.7 Å². The summed E-state index contributed by atoms with van der Waals surface area (Å²) in [4.78, 5) is 54.3. The summed E-state index contributed by atoms with van der Waals surface area (Å²) < 4.78 is 32.3. The Morgan fingerprint density at radius 2 is 1.90 bits per heavy atom. The summed E-state index contributed by atoms with van der Waals surface area (Å²) in [5.41, 5.74) is -1.18. The number of nitriles is 1. The Bertz CT molecular complexity index is 1360. The number of amides is 4. The molecule has 4 amide bonds. The molecule has 226 valence electrons. The lowest BCUT2D eigenvalue weighted by Crippen LogP contribution is -2.60. The maximum absolute atomic E-state index is 14.1. The number of ether oxygens (including phenoxy) is 1. The molecule has 2 heterocycles. The minimum absolute atomic E-state index is 0.0500. The molecule has 2 saturated carbocycles. The number of nitrogens with zero attached hydrogens (tertiary/aromatic N) is 2. The first kappa shape index (κ1) is 29.7. The average molecular weight is 586 g/mol. The molecule has 2 aliphatic carbocycles. The van der Waals surface area contributed by atoms with Gasteiger partial charge in [0.25, 0.3) is 0 Å². The van der Waals surface area contributed by atoms with Gasteiger partial charge in [-0.05, 0) is 60.5 Å². The van der Waals surface area contributed by atoms with Gasteiger partial charge in [0.2, 0.25) is 17.7 Å². The number of carbonyl (C=O) groups is 4. The molecule has 0 aromatic heterocycles. The van der Waals surface area contributed by atoms with E-state index in [0.29, 0.717) is 12.5 Å². The molecule has 1 aromatic carbocycles. The van der Waals surface area contributed by atoms with Gasteiger partial charge in [-0.3, -0.25) is 14.4 Å². The van der Waals surface area contributed by atoms with Gasteiger partial charge in [0, 0.05) is 24.1 Å². The molecule has 3 N–H and O–H groups in total. The summed E-state index contributed by atoms with van der Waals surface area (Å²) in [6, 6.07) is 1.67. The standard InChI is InChI=1S/C30H37F2N5O5/c1-28(2,3)23(35-27(41)42-20-7-6-16(31)11-19(20)32)26(40)37-14-18-21(29(18,4)5)22(37)25(39)34-17(13-33)10-15-12-30(8-9-30)36-24(15)38/h6-7,11,15,17-18,21-23H,8-10,12,14H2,1-5H3,(H,34,39)(H,35,41)(H,36,38)/t15-,17+,18+,21+,22+,23-/m1/s1. The van der Waals surface area contributed by atoms with Crippen molar-refractivity contribution in [1.82, 2.24) is 20.9 Å². The quantitative estimate of drug-likeness (QED) is 0.450. The highest BCUT2D eigenvalue weighted by Crippen LogP contribution is 2.65. The average Bonchev–Trinajstić information content (AvgIpc) is 3.61. The molecule has 4 aliphatic rings. The molecule has 1 spiro atoms. The molecule has 6 atom stereocenters. The predicted octanol–water partition coefficient (Wildman–Crippen LogP) is 3.02. The Hall–Kier alpha value is -3.75. The molecule has 42 heavy (non-hydrogen) atoms. The van der Waals surface area contributed by atoms with Crippen molar-refractivity contribution in [3.8, 4) is 11.8 Å². The van der Waals surface area contributed by atoms with E-state index in [1.807, 2.05) is 13.8 Å². The zero-order valence-electron chi connectivity index (χ0n) is 24.4. The first-order valence-corrected chi connectivity index (χ1v) is 14.3. The van der Waals surface area contributed by atoms with Crippen LogP contribution in [0, 0.1) is 51.5 Å². The van der Waals surface area contributed by atoms with Crippen LogP contribution in [0.3, 0.4) is 0 Å². The lowest BCUT2D eigenvalue weighted by Gasteiger charge is -2.37. The predicted molar refractivity (Wildman–Crippen MR) is 145 cm³/mol. The fourth-order valence-corrected chi connectivity index (χ4v) is 6.77. The molecule has 2 saturated heterocycles. The van der Waals surface area contributed by atoms with Crippen LogP contribution in [0.4, 0.5) is 13.6 Å². The van der Waals surface area contributed by atoms with Crippen LogP contribution in [-0.4, -0.2) is 58.9 Å². The van der Waals surface area contributed by atoms with Crippen LogP contribution in [0.25, 0.3) is 0 Å². The van der Waals surface area contributed by atoms with Gasteiger partial charge in [-0.1, -0.05) is 34.6 Å². The number of likely N-dealkylation sites (tertiary alicyclic amines) is 1. The molecule has 10 nitrogen and oxygen atoms in total. The second-order valence-corrected chi connectivity index (χ2v) is 13.9. The zero-order valence-corrected chi connectivity index (χ0v) is 24.4. The number of carbonyl (C=O) groups excluding carboxylic acids is 4. The van der Waals surface area contributed by atoms with Gasteiger partial charge >= 0.3 is 6.09 Å². The van der Waals surface area contributed by atoms with Crippen molar-refractivity contribution in [2.75, 3.05) is 6.54 Å². The maximum Gasteiger partial charge on any atom is 0.413 e. The molecule has 12 heteroatoms. The Kier molecular flexibility index (Phi) is 7.23. The van der Waals surface area contributed by atoms with E-state index >= 15 is 0 Å². The number of hydrogen-bond acceptors (Lipinski definition) is 6. The number of fused-ring (bicyclic) bond motifs is 1. The number of rotatable bonds is 7. The highest BCUT2D eigenvalue weighted by molar-refractivity contribution is 5.93. The van der Waals surface area contributed by atoms with Crippen molar-refractivity contribution >= 4 is 23.8 Å². The molecule has 0 unspecified atom stereocenters. The van der Waals surface area contributed by atoms with Crippen molar-refractivity contribution in [2.24, 2.45) is 28.6 Å². The second-order valence-electron chi connectivity index (χ2n) is 13.9. The van der Waals surface area contributed by atoms with Crippen LogP contribution < -0.4 is 20.7 Å². The largest absolute Gasteiger partial charge is 0.413 e. The third-order valence-corrected chi connectivity index (χ3v) is 9.47. The van der Waals surface area contributed by atoms with Gasteiger partial charge in [-0.2, -0.15) is 5.26 Å². The Morgan fingerprint density at radius 1 is 1.21 bits per heavy atom. The van der Waals surface area contributed by atoms with Gasteiger partial charge in [-0.15, -0.1) is 0 Å². The second kappa shape index (κ2) is 10.2. The van der Waals surface area contributed by atoms with Crippen LogP contribution in [-0.2, 0) is 14.4 Å². The van der Waals surface area contributed by atoms with Crippen LogP contribution in [0.2, 0.25) is 0 Å². The molecule has 0 radical (unpaired) electrons. The van der Waals surface area contributed by atoms with Gasteiger partial charge < -0.3 is 25.6 Å². The Morgan fingerprint density at radius 3 is 2.48 bits per heavy atom. The molecular formula is C30H37F2N5O5. The molecule has 2 aliphatic heterocycles. The Labute approximate surface area is 243 Å². The minimum Gasteiger partial charge on any atom is -0.407 e. The van der Waals surface area contributed by atoms with E-state index in [4.69, 9.17) is 4.74 Å². The summed E-state index contributed by atoms with van der Waals surface area (Å²) in [7, 11) is 0. The summed E-state index contributed by atoms with van der Waals surface area (Å²) >= 11 is 0. The lowest BCUT2D eigenvalue weighted by atomic mass is 9.85. The van der Waals surface area contributed by atoms with Crippen molar-refractivity contribution in [1.29, 1.82) is 5.26 Å². The first-order chi connectivity index (χ1) is 19.6. The number of benzene rings is 1. The van der Waals surface area contributed by atoms with Gasteiger partial charge in [-0.25, -0.2) is 13.6 Å². The summed E-state index contributed by atoms with van der Waals surface area (Å²) in [6.07, 6.45) is 1.57. The number of halogens is 2. The third kappa shape index (κ3) is 5.53. The molecule has 0 bridgehead atoms. The molecular weight excluding hydrogens is 548 g/mol. The monoisotopic (exact) mass is 585 g/mol. The highest BCUT2D eigenvalue weighted by atomic mass is 19.1. The Balaban J connectivity index is 1.30. The van der Waals surface area contributed by atoms with Crippen LogP contribution in [0.15, 0.2) is 18.2 Å². The minimum atomic E-state index is -1.15. The topological polar surface area (TPSA) is 141 Å². The SMILES string of the molecule is CC(C)(C)[C@H](NC(=O)Oc1ccc(F)cc1F)C(=O)N1C[C@H]2[C@@H]([C@H]1C(=O)N[C@H](C#N)C[C@@H]1CC3(CC3)NC1=O)C2(C)C. The fourth-order valence-electron chi connectivity index (χ4n) is 6.77. The van der Waals surface area contributed by atoms with E-state index in [0.717, 1.165) is 25.0 Å². The van der Waals surface area contributed by atoms with Crippen LogP contribution >= 0.6 is 0 Å². The van der Waals surface area contributed by atoms with Crippen molar-refractivity contribution in [2.45, 2.75) is 84.0 Å². The van der Waals surface area contributed by atoms with Crippen molar-refractivity contribution in [3.05, 3.63) is 29.8 Å². The van der Waals surface area contributed by atoms with Crippen LogP contribution in [0.1, 0.15) is 60.3 Å². The normalized spacial score (nSPS) is 27.8. The smallest absolute Gasteiger partial charge is 0.407 e. The zero-order chi connectivity index (χ0) is 30.8. The maximum atomic E-state index is 14.1. The summed E-state index contributed by atoms with van der Waals surface area (Å²) in [5.74, 6) is -3.96. The third-order valence-electron chi connectivity index (χ3n) is 9.47. The van der Waals surface area contributed by atoms with Gasteiger partial charge in [0.1, 0.15) is 23.9 Å². The van der Waals surface area contributed by atoms with Gasteiger partial charge in [0.15, 0.2) is 11.6 Å². The molecule has 5 rings (SSSR count). The molecule has 1 aromatic rings. The number of piperidine rings is 1. The van der Waals surface area contributed by atoms with Crippen molar-refractivity contribution in [3.63, 3.8) is 0 Å². The molecule has 4 fully saturated rings. The number of hydrogen-bond donors (Lipinski definition) is 3. The first-order valence-electron chi connectivity index (χ1n) is 14.3. The fraction of sp³-hybridized carbons (Fsp3) is 0.633. The summed E-state index contributed by atoms with van der Waals surface area (Å²) in [6.45, 7) is 9.53.